The molecule has 27 heavy (non-hydrogen) atoms. The van der Waals surface area contributed by atoms with E-state index in [1.54, 1.807) is 13.0 Å². The van der Waals surface area contributed by atoms with Gasteiger partial charge in [0.25, 0.3) is 0 Å². The monoisotopic (exact) mass is 411 g/mol. The summed E-state index contributed by atoms with van der Waals surface area (Å²) in [5.41, 5.74) is 1.00. The van der Waals surface area contributed by atoms with Crippen LogP contribution in [0.2, 0.25) is 5.02 Å². The third kappa shape index (κ3) is 5.35. The Kier molecular flexibility index (Phi) is 7.52. The molecule has 1 aromatic rings. The summed E-state index contributed by atoms with van der Waals surface area (Å²) in [6.45, 7) is 9.40. The standard InChI is InChI=1S/C21H30ClNO3S/c1-5-7-17-10-13-19(16-8-11-18(22)12-9-16)23(21(17)24)20(15(3)4)14-27(25,26)6-2/h5,8-9,11-12,15,17,19-20H,1,6-7,10,13-14H2,2-4H3. The lowest BCUT2D eigenvalue weighted by molar-refractivity contribution is -0.146. The summed E-state index contributed by atoms with van der Waals surface area (Å²) in [5, 5.41) is 0.644. The number of carbonyl (C=O) groups is 1. The molecule has 0 N–H and O–H groups in total. The Morgan fingerprint density at radius 3 is 2.41 bits per heavy atom. The normalized spacial score (nSPS) is 22.1. The number of allylic oxidation sites excluding steroid dienone is 1. The van der Waals surface area contributed by atoms with Crippen LogP contribution in [-0.4, -0.2) is 36.8 Å². The number of carbonyl (C=O) groups excluding carboxylic acids is 1. The molecule has 4 nitrogen and oxygen atoms in total. The van der Waals surface area contributed by atoms with Crippen LogP contribution in [0.4, 0.5) is 0 Å². The van der Waals surface area contributed by atoms with Crippen molar-refractivity contribution in [3.05, 3.63) is 47.5 Å². The first-order valence-electron chi connectivity index (χ1n) is 9.59. The van der Waals surface area contributed by atoms with Crippen LogP contribution in [0.15, 0.2) is 36.9 Å². The van der Waals surface area contributed by atoms with Crippen molar-refractivity contribution in [3.63, 3.8) is 0 Å². The van der Waals surface area contributed by atoms with Gasteiger partial charge in [-0.15, -0.1) is 6.58 Å². The lowest BCUT2D eigenvalue weighted by atomic mass is 9.84. The van der Waals surface area contributed by atoms with Crippen molar-refractivity contribution < 1.29 is 13.2 Å². The molecule has 1 aromatic carbocycles. The molecule has 1 fully saturated rings. The highest BCUT2D eigenvalue weighted by molar-refractivity contribution is 7.91. The number of hydrogen-bond acceptors (Lipinski definition) is 3. The SMILES string of the molecule is C=CCC1CCC(c2ccc(Cl)cc2)N(C(CS(=O)(=O)CC)C(C)C)C1=O. The summed E-state index contributed by atoms with van der Waals surface area (Å²) in [4.78, 5) is 15.2. The summed E-state index contributed by atoms with van der Waals surface area (Å²) < 4.78 is 24.8. The van der Waals surface area contributed by atoms with Gasteiger partial charge in [0.2, 0.25) is 5.91 Å². The Hall–Kier alpha value is -1.33. The summed E-state index contributed by atoms with van der Waals surface area (Å²) in [6, 6.07) is 7.04. The maximum atomic E-state index is 13.3. The van der Waals surface area contributed by atoms with E-state index >= 15 is 0 Å². The highest BCUT2D eigenvalue weighted by Gasteiger charge is 2.41. The van der Waals surface area contributed by atoms with Gasteiger partial charge in [0.05, 0.1) is 11.8 Å². The van der Waals surface area contributed by atoms with E-state index in [0.717, 1.165) is 18.4 Å². The summed E-state index contributed by atoms with van der Waals surface area (Å²) in [5.74, 6) is 0.0212. The zero-order chi connectivity index (χ0) is 20.2. The Balaban J connectivity index is 2.46. The van der Waals surface area contributed by atoms with E-state index in [-0.39, 0.29) is 41.3 Å². The second-order valence-electron chi connectivity index (χ2n) is 7.62. The molecule has 0 bridgehead atoms. The molecule has 3 unspecified atom stereocenters. The molecule has 3 atom stereocenters. The van der Waals surface area contributed by atoms with E-state index in [1.165, 1.54) is 0 Å². The van der Waals surface area contributed by atoms with Gasteiger partial charge >= 0.3 is 0 Å². The molecular formula is C21H30ClNO3S. The molecule has 6 heteroatoms. The summed E-state index contributed by atoms with van der Waals surface area (Å²) in [6.07, 6.45) is 3.98. The second-order valence-corrected chi connectivity index (χ2v) is 10.5. The van der Waals surface area contributed by atoms with Gasteiger partial charge in [-0.05, 0) is 42.9 Å². The molecule has 1 heterocycles. The summed E-state index contributed by atoms with van der Waals surface area (Å²) >= 11 is 6.03. The van der Waals surface area contributed by atoms with Gasteiger partial charge in [-0.1, -0.05) is 50.6 Å². The predicted molar refractivity (Wildman–Crippen MR) is 112 cm³/mol. The van der Waals surface area contributed by atoms with Gasteiger partial charge in [0, 0.05) is 22.7 Å². The van der Waals surface area contributed by atoms with Crippen LogP contribution in [0.5, 0.6) is 0 Å². The maximum Gasteiger partial charge on any atom is 0.226 e. The number of hydrogen-bond donors (Lipinski definition) is 0. The molecule has 0 radical (unpaired) electrons. The first-order valence-corrected chi connectivity index (χ1v) is 11.8. The Bertz CT molecular complexity index is 758. The van der Waals surface area contributed by atoms with E-state index in [4.69, 9.17) is 11.6 Å². The molecule has 1 saturated heterocycles. The number of rotatable bonds is 8. The van der Waals surface area contributed by atoms with Crippen molar-refractivity contribution in [2.75, 3.05) is 11.5 Å². The molecule has 0 aromatic heterocycles. The highest BCUT2D eigenvalue weighted by atomic mass is 35.5. The van der Waals surface area contributed by atoms with Crippen molar-refractivity contribution in [3.8, 4) is 0 Å². The maximum absolute atomic E-state index is 13.3. The fourth-order valence-corrected chi connectivity index (χ4v) is 5.21. The fraction of sp³-hybridized carbons (Fsp3) is 0.571. The molecule has 150 valence electrons. The van der Waals surface area contributed by atoms with Gasteiger partial charge in [-0.25, -0.2) is 8.42 Å². The van der Waals surface area contributed by atoms with E-state index in [1.807, 2.05) is 43.0 Å². The molecule has 1 aliphatic heterocycles. The van der Waals surface area contributed by atoms with E-state index in [2.05, 4.69) is 6.58 Å². The third-order valence-electron chi connectivity index (χ3n) is 5.43. The van der Waals surface area contributed by atoms with Gasteiger partial charge in [0.15, 0.2) is 9.84 Å². The lowest BCUT2D eigenvalue weighted by Gasteiger charge is -2.45. The smallest absolute Gasteiger partial charge is 0.226 e. The van der Waals surface area contributed by atoms with E-state index < -0.39 is 9.84 Å². The Morgan fingerprint density at radius 1 is 1.26 bits per heavy atom. The molecule has 1 amide bonds. The number of amides is 1. The fourth-order valence-electron chi connectivity index (χ4n) is 3.78. The highest BCUT2D eigenvalue weighted by Crippen LogP contribution is 2.39. The number of piperidine rings is 1. The predicted octanol–water partition coefficient (Wildman–Crippen LogP) is 4.66. The number of benzene rings is 1. The van der Waals surface area contributed by atoms with Crippen molar-refractivity contribution >= 4 is 27.3 Å². The minimum atomic E-state index is -3.21. The third-order valence-corrected chi connectivity index (χ3v) is 7.41. The molecular weight excluding hydrogens is 382 g/mol. The van der Waals surface area contributed by atoms with Crippen LogP contribution in [0.1, 0.15) is 51.6 Å². The quantitative estimate of drug-likeness (QED) is 0.585. The Morgan fingerprint density at radius 2 is 1.89 bits per heavy atom. The first-order chi connectivity index (χ1) is 12.7. The van der Waals surface area contributed by atoms with Crippen LogP contribution < -0.4 is 0 Å². The van der Waals surface area contributed by atoms with Crippen molar-refractivity contribution in [1.29, 1.82) is 0 Å². The van der Waals surface area contributed by atoms with Crippen LogP contribution >= 0.6 is 11.6 Å². The van der Waals surface area contributed by atoms with Gasteiger partial charge in [-0.3, -0.25) is 4.79 Å². The second kappa shape index (κ2) is 9.24. The number of halogens is 1. The molecule has 0 saturated carbocycles. The molecule has 2 rings (SSSR count). The van der Waals surface area contributed by atoms with Gasteiger partial charge in [0.1, 0.15) is 0 Å². The minimum Gasteiger partial charge on any atom is -0.331 e. The van der Waals surface area contributed by atoms with Gasteiger partial charge < -0.3 is 4.90 Å². The largest absolute Gasteiger partial charge is 0.331 e. The van der Waals surface area contributed by atoms with Crippen molar-refractivity contribution in [2.45, 2.75) is 52.1 Å². The van der Waals surface area contributed by atoms with E-state index in [9.17, 15) is 13.2 Å². The average molecular weight is 412 g/mol. The number of sulfone groups is 1. The summed E-state index contributed by atoms with van der Waals surface area (Å²) in [7, 11) is -3.21. The van der Waals surface area contributed by atoms with Crippen LogP contribution in [0.3, 0.4) is 0 Å². The lowest BCUT2D eigenvalue weighted by Crippen LogP contribution is -2.53. The van der Waals surface area contributed by atoms with Gasteiger partial charge in [-0.2, -0.15) is 0 Å². The zero-order valence-electron chi connectivity index (χ0n) is 16.4. The zero-order valence-corrected chi connectivity index (χ0v) is 18.0. The van der Waals surface area contributed by atoms with Crippen LogP contribution in [0.25, 0.3) is 0 Å². The van der Waals surface area contributed by atoms with Crippen LogP contribution in [-0.2, 0) is 14.6 Å². The molecule has 0 spiro atoms. The van der Waals surface area contributed by atoms with Crippen LogP contribution in [0, 0.1) is 11.8 Å². The average Bonchev–Trinajstić information content (AvgIpc) is 2.62. The number of nitrogens with zero attached hydrogens (tertiary/aromatic N) is 1. The Labute approximate surface area is 168 Å². The van der Waals surface area contributed by atoms with Crippen molar-refractivity contribution in [2.24, 2.45) is 11.8 Å². The molecule has 0 aliphatic carbocycles. The van der Waals surface area contributed by atoms with Crippen molar-refractivity contribution in [1.82, 2.24) is 4.90 Å². The van der Waals surface area contributed by atoms with E-state index in [0.29, 0.717) is 11.4 Å². The molecule has 1 aliphatic rings. The minimum absolute atomic E-state index is 0.00218. The topological polar surface area (TPSA) is 54.5 Å². The first kappa shape index (κ1) is 22.0. The number of likely N-dealkylation sites (tertiary alicyclic amines) is 1.